The van der Waals surface area contributed by atoms with Crippen LogP contribution in [0.1, 0.15) is 54.9 Å². The maximum atomic E-state index is 12.7. The number of carbonyl (C=O) groups is 2. The molecule has 0 radical (unpaired) electrons. The van der Waals surface area contributed by atoms with Crippen LogP contribution in [-0.4, -0.2) is 41.3 Å². The average molecular weight is 497 g/mol. The van der Waals surface area contributed by atoms with Gasteiger partial charge in [0, 0.05) is 36.8 Å². The van der Waals surface area contributed by atoms with Crippen molar-refractivity contribution in [3.63, 3.8) is 0 Å². The predicted octanol–water partition coefficient (Wildman–Crippen LogP) is 4.54. The van der Waals surface area contributed by atoms with E-state index in [1.165, 1.54) is 13.0 Å². The van der Waals surface area contributed by atoms with E-state index in [1.54, 1.807) is 13.0 Å². The van der Waals surface area contributed by atoms with E-state index in [4.69, 9.17) is 10.5 Å². The third kappa shape index (κ3) is 8.45. The van der Waals surface area contributed by atoms with Gasteiger partial charge in [0.05, 0.1) is 12.1 Å². The number of aliphatic hydroxyl groups is 1. The molecule has 0 spiro atoms. The van der Waals surface area contributed by atoms with Crippen molar-refractivity contribution in [2.45, 2.75) is 79.2 Å². The van der Waals surface area contributed by atoms with Gasteiger partial charge in [0.25, 0.3) is 0 Å². The van der Waals surface area contributed by atoms with Crippen LogP contribution in [0.5, 0.6) is 0 Å². The number of nitrogens with one attached hydrogen (secondary N) is 1. The first-order valence-corrected chi connectivity index (χ1v) is 12.8. The van der Waals surface area contributed by atoms with Crippen LogP contribution in [0, 0.1) is 23.2 Å². The average Bonchev–Trinajstić information content (AvgIpc) is 2.79. The minimum atomic E-state index is -0.890. The molecule has 1 aliphatic heterocycles. The number of aliphatic hydroxyl groups excluding tert-OH is 1. The second kappa shape index (κ2) is 13.0. The molecule has 1 heterocycles. The van der Waals surface area contributed by atoms with Crippen molar-refractivity contribution < 1.29 is 19.4 Å². The van der Waals surface area contributed by atoms with Gasteiger partial charge < -0.3 is 20.9 Å². The standard InChI is InChI=1S/C30H44N2O4/c1-19-9-8-10-27(34)36-29(22(4)28(35)23(5)32-24(6)33)21(3)12-11-20(2)17-25-13-14-26(31)18-30(25,7)16-15-19/h8-17,21-23,25-26,28-29,35H,18,31H2,1-7H3,(H,32,33)/b10-8+,12-11+,16-15+,19-9-,20-17+/t21-,22-,23-,25-,26-,28+,29-,30-/m1/s1. The summed E-state index contributed by atoms with van der Waals surface area (Å²) in [6, 6.07) is -0.470. The maximum absolute atomic E-state index is 12.7. The molecule has 2 aliphatic rings. The maximum Gasteiger partial charge on any atom is 0.331 e. The second-order valence-electron chi connectivity index (χ2n) is 10.8. The molecule has 0 saturated carbocycles. The van der Waals surface area contributed by atoms with Crippen LogP contribution in [0.2, 0.25) is 0 Å². The highest BCUT2D eigenvalue weighted by molar-refractivity contribution is 5.82. The summed E-state index contributed by atoms with van der Waals surface area (Å²) in [5.41, 5.74) is 8.24. The summed E-state index contributed by atoms with van der Waals surface area (Å²) in [5.74, 6) is -1.10. The Labute approximate surface area is 216 Å². The van der Waals surface area contributed by atoms with E-state index >= 15 is 0 Å². The Morgan fingerprint density at radius 3 is 2.53 bits per heavy atom. The van der Waals surface area contributed by atoms with E-state index in [1.807, 2.05) is 39.0 Å². The van der Waals surface area contributed by atoms with Crippen molar-refractivity contribution in [1.29, 1.82) is 0 Å². The van der Waals surface area contributed by atoms with Gasteiger partial charge in [0.1, 0.15) is 6.10 Å². The minimum absolute atomic E-state index is 0.0123. The third-order valence-electron chi connectivity index (χ3n) is 7.20. The highest BCUT2D eigenvalue weighted by atomic mass is 16.5. The van der Waals surface area contributed by atoms with Gasteiger partial charge in [-0.1, -0.05) is 86.6 Å². The number of nitrogens with two attached hydrogens (primary N) is 1. The first-order chi connectivity index (χ1) is 16.8. The Kier molecular flexibility index (Phi) is 10.7. The number of esters is 1. The van der Waals surface area contributed by atoms with Crippen molar-refractivity contribution in [1.82, 2.24) is 5.32 Å². The van der Waals surface area contributed by atoms with E-state index in [0.717, 1.165) is 17.6 Å². The summed E-state index contributed by atoms with van der Waals surface area (Å²) >= 11 is 0. The molecule has 6 nitrogen and oxygen atoms in total. The third-order valence-corrected chi connectivity index (χ3v) is 7.20. The number of rotatable bonds is 4. The highest BCUT2D eigenvalue weighted by Crippen LogP contribution is 2.40. The molecule has 0 aromatic heterocycles. The highest BCUT2D eigenvalue weighted by Gasteiger charge is 2.35. The van der Waals surface area contributed by atoms with Crippen LogP contribution in [0.4, 0.5) is 0 Å². The molecule has 0 aromatic carbocycles. The van der Waals surface area contributed by atoms with Crippen LogP contribution in [0.3, 0.4) is 0 Å². The largest absolute Gasteiger partial charge is 0.458 e. The number of carbonyl (C=O) groups excluding carboxylic acids is 2. The Balaban J connectivity index is 2.45. The lowest BCUT2D eigenvalue weighted by molar-refractivity contribution is -0.151. The number of ether oxygens (including phenoxy) is 1. The van der Waals surface area contributed by atoms with E-state index in [9.17, 15) is 14.7 Å². The summed E-state index contributed by atoms with van der Waals surface area (Å²) in [4.78, 5) is 24.2. The van der Waals surface area contributed by atoms with Crippen LogP contribution >= 0.6 is 0 Å². The Morgan fingerprint density at radius 2 is 1.86 bits per heavy atom. The monoisotopic (exact) mass is 496 g/mol. The lowest BCUT2D eigenvalue weighted by atomic mass is 9.68. The fourth-order valence-electron chi connectivity index (χ4n) is 4.95. The van der Waals surface area contributed by atoms with E-state index < -0.39 is 30.1 Å². The summed E-state index contributed by atoms with van der Waals surface area (Å²) < 4.78 is 5.84. The van der Waals surface area contributed by atoms with Gasteiger partial charge in [-0.3, -0.25) is 4.79 Å². The molecule has 8 atom stereocenters. The topological polar surface area (TPSA) is 102 Å². The summed E-state index contributed by atoms with van der Waals surface area (Å²) in [6.07, 6.45) is 19.2. The lowest BCUT2D eigenvalue weighted by Gasteiger charge is -2.37. The SMILES string of the molecule is CC(=O)N[C@H](C)[C@@H](O)[C@@H](C)[C@@H]1OC(=O)/C=C/C=C(C)\C=C\[C@]2(C)C[C@H](N)C=C[C@@H]2/C=C(C)/C=C/[C@H]1C. The molecule has 0 saturated heterocycles. The normalized spacial score (nSPS) is 37.5. The lowest BCUT2D eigenvalue weighted by Crippen LogP contribution is -2.48. The van der Waals surface area contributed by atoms with E-state index in [-0.39, 0.29) is 29.2 Å². The van der Waals surface area contributed by atoms with Crippen LogP contribution in [0.25, 0.3) is 0 Å². The van der Waals surface area contributed by atoms with Crippen molar-refractivity contribution >= 4 is 11.9 Å². The van der Waals surface area contributed by atoms with Crippen LogP contribution in [-0.2, 0) is 14.3 Å². The molecule has 0 unspecified atom stereocenters. The fourth-order valence-corrected chi connectivity index (χ4v) is 4.95. The van der Waals surface area contributed by atoms with Crippen LogP contribution in [0.15, 0.2) is 71.9 Å². The van der Waals surface area contributed by atoms with Gasteiger partial charge in [0.2, 0.25) is 5.91 Å². The van der Waals surface area contributed by atoms with Crippen molar-refractivity contribution in [3.05, 3.63) is 71.9 Å². The minimum Gasteiger partial charge on any atom is -0.458 e. The van der Waals surface area contributed by atoms with Gasteiger partial charge in [-0.15, -0.1) is 0 Å². The van der Waals surface area contributed by atoms with Gasteiger partial charge in [-0.25, -0.2) is 4.79 Å². The Bertz CT molecular complexity index is 973. The van der Waals surface area contributed by atoms with Crippen LogP contribution < -0.4 is 11.1 Å². The zero-order chi connectivity index (χ0) is 27.0. The number of hydrogen-bond acceptors (Lipinski definition) is 5. The molecule has 198 valence electrons. The van der Waals surface area contributed by atoms with Gasteiger partial charge in [-0.05, 0) is 32.6 Å². The molecule has 2 rings (SSSR count). The summed E-state index contributed by atoms with van der Waals surface area (Å²) in [6.45, 7) is 13.2. The fraction of sp³-hybridized carbons (Fsp3) is 0.533. The molecule has 0 bridgehead atoms. The molecule has 36 heavy (non-hydrogen) atoms. The molecule has 4 N–H and O–H groups in total. The number of allylic oxidation sites excluding steroid dienone is 9. The van der Waals surface area contributed by atoms with E-state index in [2.05, 4.69) is 49.5 Å². The van der Waals surface area contributed by atoms with Crippen molar-refractivity contribution in [2.24, 2.45) is 28.9 Å². The smallest absolute Gasteiger partial charge is 0.331 e. The molecule has 0 fully saturated rings. The first kappa shape index (κ1) is 29.5. The zero-order valence-electron chi connectivity index (χ0n) is 22.8. The van der Waals surface area contributed by atoms with Gasteiger partial charge in [-0.2, -0.15) is 0 Å². The molecular formula is C30H44N2O4. The number of fused-ring (bicyclic) bond motifs is 1. The molecule has 0 aromatic rings. The first-order valence-electron chi connectivity index (χ1n) is 12.8. The number of cyclic esters (lactones) is 1. The van der Waals surface area contributed by atoms with Gasteiger partial charge in [0.15, 0.2) is 0 Å². The molecular weight excluding hydrogens is 452 g/mol. The summed E-state index contributed by atoms with van der Waals surface area (Å²) in [5, 5.41) is 13.6. The predicted molar refractivity (Wildman–Crippen MR) is 146 cm³/mol. The molecule has 6 heteroatoms. The molecule has 1 amide bonds. The summed E-state index contributed by atoms with van der Waals surface area (Å²) in [7, 11) is 0. The Hall–Kier alpha value is -2.70. The van der Waals surface area contributed by atoms with Crippen molar-refractivity contribution in [3.8, 4) is 0 Å². The second-order valence-corrected chi connectivity index (χ2v) is 10.8. The van der Waals surface area contributed by atoms with Crippen molar-refractivity contribution in [2.75, 3.05) is 0 Å². The van der Waals surface area contributed by atoms with E-state index in [0.29, 0.717) is 0 Å². The van der Waals surface area contributed by atoms with Gasteiger partial charge >= 0.3 is 5.97 Å². The number of hydrogen-bond donors (Lipinski definition) is 3. The number of amides is 1. The Morgan fingerprint density at radius 1 is 1.17 bits per heavy atom. The zero-order valence-corrected chi connectivity index (χ0v) is 22.8. The quantitative estimate of drug-likeness (QED) is 0.392. The molecule has 1 aliphatic carbocycles.